The van der Waals surface area contributed by atoms with E-state index in [0.717, 1.165) is 12.2 Å². The number of nitrogens with one attached hydrogen (secondary N) is 1. The first-order valence-electron chi connectivity index (χ1n) is 5.03. The molecular formula is C10H13N3O2. The van der Waals surface area contributed by atoms with Gasteiger partial charge in [0.1, 0.15) is 0 Å². The highest BCUT2D eigenvalue weighted by molar-refractivity contribution is 6.03. The molecule has 5 nitrogen and oxygen atoms in total. The van der Waals surface area contributed by atoms with Crippen molar-refractivity contribution in [1.29, 1.82) is 0 Å². The molecule has 1 aromatic rings. The molecule has 1 fully saturated rings. The Hall–Kier alpha value is -1.65. The van der Waals surface area contributed by atoms with E-state index >= 15 is 0 Å². The van der Waals surface area contributed by atoms with Crippen LogP contribution in [0.4, 0.5) is 0 Å². The van der Waals surface area contributed by atoms with Crippen molar-refractivity contribution in [3.63, 3.8) is 0 Å². The summed E-state index contributed by atoms with van der Waals surface area (Å²) in [7, 11) is 0. The summed E-state index contributed by atoms with van der Waals surface area (Å²) in [6.45, 7) is 2.85. The van der Waals surface area contributed by atoms with E-state index in [9.17, 15) is 9.59 Å². The molecule has 0 radical (unpaired) electrons. The van der Waals surface area contributed by atoms with Crippen LogP contribution in [-0.2, 0) is 22.6 Å². The molecule has 0 aromatic carbocycles. The first-order chi connectivity index (χ1) is 7.20. The van der Waals surface area contributed by atoms with Gasteiger partial charge in [0.25, 0.3) is 0 Å². The molecule has 1 N–H and O–H groups in total. The fraction of sp³-hybridized carbons (Fsp3) is 0.500. The molecule has 5 heteroatoms. The maximum Gasteiger partial charge on any atom is 0.230 e. The highest BCUT2D eigenvalue weighted by atomic mass is 16.2. The lowest BCUT2D eigenvalue weighted by Crippen LogP contribution is -2.23. The molecule has 2 amide bonds. The first-order valence-corrected chi connectivity index (χ1v) is 5.03. The standard InChI is InChI=1S/C10H13N3O2/c1-2-13-6-11-5-8(13)3-7-4-9(14)12-10(7)15/h5-7H,2-4H2,1H3,(H,12,14,15). The van der Waals surface area contributed by atoms with Crippen LogP contribution in [0.3, 0.4) is 0 Å². The van der Waals surface area contributed by atoms with Gasteiger partial charge >= 0.3 is 0 Å². The molecule has 0 spiro atoms. The van der Waals surface area contributed by atoms with Gasteiger partial charge in [-0.15, -0.1) is 0 Å². The van der Waals surface area contributed by atoms with Crippen molar-refractivity contribution in [3.8, 4) is 0 Å². The molecule has 1 aliphatic rings. The highest BCUT2D eigenvalue weighted by Crippen LogP contribution is 2.16. The molecule has 2 heterocycles. The number of hydrogen-bond acceptors (Lipinski definition) is 3. The number of carbonyl (C=O) groups is 2. The van der Waals surface area contributed by atoms with Gasteiger partial charge in [-0.25, -0.2) is 4.98 Å². The molecule has 1 aliphatic heterocycles. The highest BCUT2D eigenvalue weighted by Gasteiger charge is 2.31. The fourth-order valence-corrected chi connectivity index (χ4v) is 1.83. The van der Waals surface area contributed by atoms with Crippen molar-refractivity contribution < 1.29 is 9.59 Å². The van der Waals surface area contributed by atoms with Crippen molar-refractivity contribution in [3.05, 3.63) is 18.2 Å². The molecule has 80 valence electrons. The Balaban J connectivity index is 2.09. The summed E-state index contributed by atoms with van der Waals surface area (Å²) in [6, 6.07) is 0. The average molecular weight is 207 g/mol. The molecule has 1 saturated heterocycles. The minimum atomic E-state index is -0.223. The third-order valence-electron chi connectivity index (χ3n) is 2.66. The van der Waals surface area contributed by atoms with E-state index in [1.165, 1.54) is 0 Å². The van der Waals surface area contributed by atoms with Crippen LogP contribution in [0.25, 0.3) is 0 Å². The molecule has 1 unspecified atom stereocenters. The lowest BCUT2D eigenvalue weighted by Gasteiger charge is -2.07. The summed E-state index contributed by atoms with van der Waals surface area (Å²) in [4.78, 5) is 26.4. The number of amides is 2. The van der Waals surface area contributed by atoms with Gasteiger partial charge in [-0.2, -0.15) is 0 Å². The Bertz CT molecular complexity index is 397. The van der Waals surface area contributed by atoms with Crippen LogP contribution in [0.5, 0.6) is 0 Å². The predicted octanol–water partition coefficient (Wildman–Crippen LogP) is 0.108. The number of aromatic nitrogens is 2. The minimum absolute atomic E-state index is 0.163. The second kappa shape index (κ2) is 3.84. The van der Waals surface area contributed by atoms with Crippen LogP contribution >= 0.6 is 0 Å². The maximum absolute atomic E-state index is 11.3. The summed E-state index contributed by atoms with van der Waals surface area (Å²) in [5, 5.41) is 2.31. The summed E-state index contributed by atoms with van der Waals surface area (Å²) in [5.74, 6) is -0.559. The fourth-order valence-electron chi connectivity index (χ4n) is 1.83. The van der Waals surface area contributed by atoms with Crippen molar-refractivity contribution >= 4 is 11.8 Å². The van der Waals surface area contributed by atoms with Crippen LogP contribution in [0, 0.1) is 5.92 Å². The van der Waals surface area contributed by atoms with Gasteiger partial charge < -0.3 is 4.57 Å². The summed E-state index contributed by atoms with van der Waals surface area (Å²) < 4.78 is 1.98. The van der Waals surface area contributed by atoms with Crippen LogP contribution in [0.15, 0.2) is 12.5 Å². The van der Waals surface area contributed by atoms with E-state index in [0.29, 0.717) is 12.8 Å². The average Bonchev–Trinajstić information content (AvgIpc) is 2.74. The van der Waals surface area contributed by atoms with Gasteiger partial charge in [-0.3, -0.25) is 14.9 Å². The van der Waals surface area contributed by atoms with E-state index < -0.39 is 0 Å². The van der Waals surface area contributed by atoms with Crippen molar-refractivity contribution in [2.75, 3.05) is 0 Å². The number of aryl methyl sites for hydroxylation is 1. The normalized spacial score (nSPS) is 20.7. The zero-order valence-corrected chi connectivity index (χ0v) is 8.56. The van der Waals surface area contributed by atoms with E-state index in [2.05, 4.69) is 10.3 Å². The second-order valence-electron chi connectivity index (χ2n) is 3.69. The van der Waals surface area contributed by atoms with E-state index in [-0.39, 0.29) is 17.7 Å². The lowest BCUT2D eigenvalue weighted by atomic mass is 10.0. The van der Waals surface area contributed by atoms with Gasteiger partial charge in [0, 0.05) is 31.3 Å². The van der Waals surface area contributed by atoms with Gasteiger partial charge in [0.05, 0.1) is 12.2 Å². The Labute approximate surface area is 87.5 Å². The Morgan fingerprint density at radius 3 is 3.00 bits per heavy atom. The second-order valence-corrected chi connectivity index (χ2v) is 3.69. The third kappa shape index (κ3) is 1.91. The summed E-state index contributed by atoms with van der Waals surface area (Å²) >= 11 is 0. The van der Waals surface area contributed by atoms with Gasteiger partial charge in [-0.05, 0) is 6.92 Å². The summed E-state index contributed by atoms with van der Waals surface area (Å²) in [6.07, 6.45) is 4.38. The van der Waals surface area contributed by atoms with Gasteiger partial charge in [-0.1, -0.05) is 0 Å². The van der Waals surface area contributed by atoms with E-state index in [1.54, 1.807) is 12.5 Å². The van der Waals surface area contributed by atoms with E-state index in [4.69, 9.17) is 0 Å². The monoisotopic (exact) mass is 207 g/mol. The van der Waals surface area contributed by atoms with Crippen molar-refractivity contribution in [2.24, 2.45) is 5.92 Å². The number of imidazole rings is 1. The van der Waals surface area contributed by atoms with Crippen LogP contribution < -0.4 is 5.32 Å². The predicted molar refractivity (Wildman–Crippen MR) is 52.9 cm³/mol. The lowest BCUT2D eigenvalue weighted by molar-refractivity contribution is -0.125. The van der Waals surface area contributed by atoms with Crippen LogP contribution in [0.2, 0.25) is 0 Å². The zero-order chi connectivity index (χ0) is 10.8. The molecule has 1 atom stereocenters. The first kappa shape index (κ1) is 9.89. The SMILES string of the molecule is CCn1cncc1CC1CC(=O)NC1=O. The smallest absolute Gasteiger partial charge is 0.230 e. The molecule has 15 heavy (non-hydrogen) atoms. The Morgan fingerprint density at radius 2 is 2.40 bits per heavy atom. The number of carbonyl (C=O) groups excluding carboxylic acids is 2. The number of hydrogen-bond donors (Lipinski definition) is 1. The zero-order valence-electron chi connectivity index (χ0n) is 8.56. The quantitative estimate of drug-likeness (QED) is 0.715. The summed E-state index contributed by atoms with van der Waals surface area (Å²) in [5.41, 5.74) is 1.01. The molecular weight excluding hydrogens is 194 g/mol. The Kier molecular flexibility index (Phi) is 2.53. The molecule has 2 rings (SSSR count). The number of rotatable bonds is 3. The largest absolute Gasteiger partial charge is 0.335 e. The van der Waals surface area contributed by atoms with Crippen LogP contribution in [-0.4, -0.2) is 21.4 Å². The van der Waals surface area contributed by atoms with Crippen molar-refractivity contribution in [1.82, 2.24) is 14.9 Å². The van der Waals surface area contributed by atoms with E-state index in [1.807, 2.05) is 11.5 Å². The molecule has 1 aromatic heterocycles. The van der Waals surface area contributed by atoms with Gasteiger partial charge in [0.15, 0.2) is 0 Å². The van der Waals surface area contributed by atoms with Crippen LogP contribution in [0.1, 0.15) is 19.0 Å². The molecule has 0 bridgehead atoms. The minimum Gasteiger partial charge on any atom is -0.335 e. The van der Waals surface area contributed by atoms with Gasteiger partial charge in [0.2, 0.25) is 11.8 Å². The third-order valence-corrected chi connectivity index (χ3v) is 2.66. The molecule has 0 aliphatic carbocycles. The topological polar surface area (TPSA) is 64.0 Å². The number of nitrogens with zero attached hydrogens (tertiary/aromatic N) is 2. The maximum atomic E-state index is 11.3. The van der Waals surface area contributed by atoms with Crippen molar-refractivity contribution in [2.45, 2.75) is 26.3 Å². The number of imide groups is 1. The molecule has 0 saturated carbocycles. The Morgan fingerprint density at radius 1 is 1.60 bits per heavy atom.